The second kappa shape index (κ2) is 8.60. The molecule has 0 radical (unpaired) electrons. The Hall–Kier alpha value is -3.04. The lowest BCUT2D eigenvalue weighted by molar-refractivity contribution is -0.659. The number of anilines is 1. The van der Waals surface area contributed by atoms with Crippen molar-refractivity contribution in [3.05, 3.63) is 45.9 Å². The molecule has 1 aliphatic heterocycles. The molecule has 4 heterocycles. The molecular weight excluding hydrogens is 396 g/mol. The SMILES string of the molecule is COCCC[n+]1c(N)c(C(=O)N2CCN(C)CC2)cc2c(=O)n3cccc(C)c3nc21. The molecule has 4 rings (SSSR count). The molecule has 0 unspecified atom stereocenters. The minimum atomic E-state index is -0.211. The first kappa shape index (κ1) is 21.2. The van der Waals surface area contributed by atoms with Crippen LogP contribution in [0, 0.1) is 6.92 Å². The van der Waals surface area contributed by atoms with Gasteiger partial charge in [0.05, 0.1) is 6.54 Å². The summed E-state index contributed by atoms with van der Waals surface area (Å²) in [5.41, 5.74) is 8.61. The number of nitrogen functional groups attached to an aromatic ring is 1. The van der Waals surface area contributed by atoms with E-state index in [0.717, 1.165) is 18.7 Å². The summed E-state index contributed by atoms with van der Waals surface area (Å²) in [5, 5.41) is 0.382. The number of aromatic nitrogens is 3. The van der Waals surface area contributed by atoms with Crippen LogP contribution < -0.4 is 15.9 Å². The van der Waals surface area contributed by atoms with Crippen LogP contribution in [0.3, 0.4) is 0 Å². The molecule has 2 N–H and O–H groups in total. The molecule has 1 amide bonds. The monoisotopic (exact) mass is 425 g/mol. The lowest BCUT2D eigenvalue weighted by atomic mass is 10.1. The van der Waals surface area contributed by atoms with Crippen molar-refractivity contribution in [2.24, 2.45) is 0 Å². The highest BCUT2D eigenvalue weighted by Crippen LogP contribution is 2.18. The number of pyridine rings is 2. The number of hydrogen-bond donors (Lipinski definition) is 1. The quantitative estimate of drug-likeness (QED) is 0.362. The number of piperazine rings is 1. The summed E-state index contributed by atoms with van der Waals surface area (Å²) in [7, 11) is 3.68. The summed E-state index contributed by atoms with van der Waals surface area (Å²) in [5.74, 6) is 0.180. The van der Waals surface area contributed by atoms with Crippen molar-refractivity contribution in [1.29, 1.82) is 0 Å². The van der Waals surface area contributed by atoms with E-state index >= 15 is 0 Å². The second-order valence-corrected chi connectivity index (χ2v) is 8.08. The Morgan fingerprint density at radius 3 is 2.74 bits per heavy atom. The third-order valence-corrected chi connectivity index (χ3v) is 5.93. The molecule has 0 bridgehead atoms. The molecule has 3 aromatic rings. The maximum absolute atomic E-state index is 13.3. The topological polar surface area (TPSA) is 97.0 Å². The summed E-state index contributed by atoms with van der Waals surface area (Å²) in [6.07, 6.45) is 2.38. The summed E-state index contributed by atoms with van der Waals surface area (Å²) in [6.45, 7) is 5.82. The Morgan fingerprint density at radius 2 is 2.03 bits per heavy atom. The van der Waals surface area contributed by atoms with Crippen molar-refractivity contribution in [3.8, 4) is 0 Å². The van der Waals surface area contributed by atoms with E-state index in [1.54, 1.807) is 28.8 Å². The molecule has 0 atom stereocenters. The zero-order chi connectivity index (χ0) is 22.1. The molecule has 31 heavy (non-hydrogen) atoms. The Kier molecular flexibility index (Phi) is 5.88. The van der Waals surface area contributed by atoms with E-state index in [4.69, 9.17) is 15.5 Å². The maximum Gasteiger partial charge on any atom is 0.278 e. The molecule has 164 valence electrons. The van der Waals surface area contributed by atoms with Crippen LogP contribution in [-0.4, -0.2) is 72.0 Å². The van der Waals surface area contributed by atoms with Gasteiger partial charge in [-0.05, 0) is 26.1 Å². The fraction of sp³-hybridized carbons (Fsp3) is 0.455. The third-order valence-electron chi connectivity index (χ3n) is 5.93. The normalized spacial score (nSPS) is 15.1. The number of nitrogens with zero attached hydrogens (tertiary/aromatic N) is 5. The van der Waals surface area contributed by atoms with Gasteiger partial charge in [0.1, 0.15) is 10.9 Å². The minimum Gasteiger partial charge on any atom is -0.385 e. The number of aryl methyl sites for hydroxylation is 2. The van der Waals surface area contributed by atoms with Crippen LogP contribution in [0.25, 0.3) is 16.7 Å². The van der Waals surface area contributed by atoms with Crippen LogP contribution >= 0.6 is 0 Å². The highest BCUT2D eigenvalue weighted by molar-refractivity contribution is 6.00. The number of likely N-dealkylation sites (N-methyl/N-ethyl adjacent to an activating group) is 1. The number of nitrogens with two attached hydrogens (primary N) is 1. The highest BCUT2D eigenvalue weighted by atomic mass is 16.5. The van der Waals surface area contributed by atoms with Gasteiger partial charge >= 0.3 is 0 Å². The Morgan fingerprint density at radius 1 is 1.29 bits per heavy atom. The molecule has 1 fully saturated rings. The first-order valence-electron chi connectivity index (χ1n) is 10.5. The molecular formula is C22H29N6O3+. The molecule has 0 spiro atoms. The molecule has 1 aliphatic rings. The van der Waals surface area contributed by atoms with Crippen LogP contribution in [0.5, 0.6) is 0 Å². The van der Waals surface area contributed by atoms with Gasteiger partial charge in [0.25, 0.3) is 17.1 Å². The molecule has 1 saturated heterocycles. The molecule has 0 aliphatic carbocycles. The van der Waals surface area contributed by atoms with Crippen molar-refractivity contribution >= 4 is 28.4 Å². The Bertz CT molecular complexity index is 1200. The summed E-state index contributed by atoms with van der Waals surface area (Å²) < 4.78 is 8.50. The van der Waals surface area contributed by atoms with Crippen molar-refractivity contribution in [2.45, 2.75) is 19.9 Å². The number of fused-ring (bicyclic) bond motifs is 2. The number of amides is 1. The fourth-order valence-electron chi connectivity index (χ4n) is 4.05. The van der Waals surface area contributed by atoms with E-state index in [2.05, 4.69) is 4.90 Å². The molecule has 0 saturated carbocycles. The van der Waals surface area contributed by atoms with Crippen LogP contribution in [0.4, 0.5) is 5.82 Å². The minimum absolute atomic E-state index is 0.151. The first-order valence-corrected chi connectivity index (χ1v) is 10.5. The predicted octanol–water partition coefficient (Wildman–Crippen LogP) is 0.450. The Balaban J connectivity index is 1.92. The number of rotatable bonds is 5. The van der Waals surface area contributed by atoms with Gasteiger partial charge in [0.2, 0.25) is 11.5 Å². The first-order chi connectivity index (χ1) is 14.9. The van der Waals surface area contributed by atoms with Gasteiger partial charge in [0, 0.05) is 58.1 Å². The van der Waals surface area contributed by atoms with Crippen LogP contribution in [0.1, 0.15) is 22.3 Å². The number of carbonyl (C=O) groups excluding carboxylic acids is 1. The van der Waals surface area contributed by atoms with Crippen molar-refractivity contribution in [1.82, 2.24) is 19.2 Å². The summed E-state index contributed by atoms with van der Waals surface area (Å²) >= 11 is 0. The van der Waals surface area contributed by atoms with Crippen molar-refractivity contribution in [2.75, 3.05) is 52.7 Å². The van der Waals surface area contributed by atoms with E-state index < -0.39 is 0 Å². The van der Waals surface area contributed by atoms with Gasteiger partial charge in [-0.15, -0.1) is 0 Å². The van der Waals surface area contributed by atoms with Gasteiger partial charge in [0.15, 0.2) is 0 Å². The number of ether oxygens (including phenoxy) is 1. The number of hydrogen-bond acceptors (Lipinski definition) is 6. The Labute approximate surface area is 180 Å². The standard InChI is InChI=1S/C22H28N6O3/c1-15-6-4-7-28-19(15)24-20-17(22(28)30)14-16(18(23)27(20)8-5-13-31-3)21(29)26-11-9-25(2)10-12-26/h4,6-7,14,23H,5,8-13H2,1-3H3/p+1. The van der Waals surface area contributed by atoms with Gasteiger partial charge in [-0.3, -0.25) is 14.0 Å². The van der Waals surface area contributed by atoms with E-state index in [1.165, 1.54) is 4.40 Å². The lowest BCUT2D eigenvalue weighted by Crippen LogP contribution is -2.49. The zero-order valence-electron chi connectivity index (χ0n) is 18.3. The fourth-order valence-corrected chi connectivity index (χ4v) is 4.05. The van der Waals surface area contributed by atoms with E-state index in [0.29, 0.717) is 60.7 Å². The van der Waals surface area contributed by atoms with Gasteiger partial charge in [-0.2, -0.15) is 0 Å². The third kappa shape index (κ3) is 3.86. The predicted molar refractivity (Wildman–Crippen MR) is 118 cm³/mol. The van der Waals surface area contributed by atoms with E-state index in [1.807, 2.05) is 26.1 Å². The van der Waals surface area contributed by atoms with Gasteiger partial charge in [-0.25, -0.2) is 4.57 Å². The van der Waals surface area contributed by atoms with Crippen molar-refractivity contribution < 1.29 is 14.1 Å². The van der Waals surface area contributed by atoms with Crippen LogP contribution in [-0.2, 0) is 11.3 Å². The molecule has 3 aromatic heterocycles. The molecule has 9 nitrogen and oxygen atoms in total. The average molecular weight is 426 g/mol. The summed E-state index contributed by atoms with van der Waals surface area (Å²) in [6, 6.07) is 5.34. The molecule has 9 heteroatoms. The van der Waals surface area contributed by atoms with Gasteiger partial charge in [-0.1, -0.05) is 11.1 Å². The second-order valence-electron chi connectivity index (χ2n) is 8.08. The molecule has 0 aromatic carbocycles. The van der Waals surface area contributed by atoms with E-state index in [9.17, 15) is 9.59 Å². The summed E-state index contributed by atoms with van der Waals surface area (Å²) in [4.78, 5) is 35.4. The number of methoxy groups -OCH3 is 1. The maximum atomic E-state index is 13.3. The largest absolute Gasteiger partial charge is 0.385 e. The highest BCUT2D eigenvalue weighted by Gasteiger charge is 2.28. The lowest BCUT2D eigenvalue weighted by Gasteiger charge is -2.32. The van der Waals surface area contributed by atoms with E-state index in [-0.39, 0.29) is 11.5 Å². The smallest absolute Gasteiger partial charge is 0.278 e. The van der Waals surface area contributed by atoms with Crippen LogP contribution in [0.15, 0.2) is 29.2 Å². The zero-order valence-corrected chi connectivity index (χ0v) is 18.3. The number of carbonyl (C=O) groups is 1. The van der Waals surface area contributed by atoms with Crippen LogP contribution in [0.2, 0.25) is 0 Å². The average Bonchev–Trinajstić information content (AvgIpc) is 2.76. The van der Waals surface area contributed by atoms with Gasteiger partial charge < -0.3 is 20.3 Å². The van der Waals surface area contributed by atoms with Crippen molar-refractivity contribution in [3.63, 3.8) is 0 Å².